The third-order valence-electron chi connectivity index (χ3n) is 4.13. The average Bonchev–Trinajstić information content (AvgIpc) is 3.04. The second-order valence-electron chi connectivity index (χ2n) is 6.02. The molecule has 1 aromatic carbocycles. The number of benzene rings is 1. The zero-order valence-electron chi connectivity index (χ0n) is 14.1. The number of aliphatic carboxylic acids is 1. The molecule has 0 unspecified atom stereocenters. The predicted octanol–water partition coefficient (Wildman–Crippen LogP) is 3.55. The zero-order chi connectivity index (χ0) is 18.1. The molecule has 0 saturated carbocycles. The highest BCUT2D eigenvalue weighted by Crippen LogP contribution is 2.34. The van der Waals surface area contributed by atoms with Crippen LogP contribution in [0.4, 0.5) is 0 Å². The minimum atomic E-state index is -0.942. The molecule has 0 bridgehead atoms. The fourth-order valence-corrected chi connectivity index (χ4v) is 3.03. The van der Waals surface area contributed by atoms with Gasteiger partial charge in [-0.3, -0.25) is 19.4 Å². The van der Waals surface area contributed by atoms with Crippen LogP contribution >= 0.6 is 0 Å². The number of carboxylic acids is 1. The summed E-state index contributed by atoms with van der Waals surface area (Å²) in [5.41, 5.74) is 4.91. The monoisotopic (exact) mass is 344 g/mol. The second-order valence-corrected chi connectivity index (χ2v) is 6.02. The summed E-state index contributed by atoms with van der Waals surface area (Å²) < 4.78 is 1.44. The molecule has 26 heavy (non-hydrogen) atoms. The van der Waals surface area contributed by atoms with E-state index in [2.05, 4.69) is 15.1 Å². The lowest BCUT2D eigenvalue weighted by atomic mass is 10.0. The number of carboxylic acid groups (broad SMARTS) is 1. The van der Waals surface area contributed by atoms with Gasteiger partial charge in [0.25, 0.3) is 0 Å². The number of aromatic nitrogens is 4. The molecule has 4 rings (SSSR count). The molecular weight excluding hydrogens is 328 g/mol. The normalized spacial score (nSPS) is 11.0. The van der Waals surface area contributed by atoms with Crippen molar-refractivity contribution in [2.45, 2.75) is 13.5 Å². The minimum Gasteiger partial charge on any atom is -0.480 e. The summed E-state index contributed by atoms with van der Waals surface area (Å²) in [6, 6.07) is 15.5. The molecule has 0 fully saturated rings. The summed E-state index contributed by atoms with van der Waals surface area (Å²) in [4.78, 5) is 20.1. The van der Waals surface area contributed by atoms with Crippen LogP contribution in [0.15, 0.2) is 60.9 Å². The number of hydrogen-bond donors (Lipinski definition) is 1. The van der Waals surface area contributed by atoms with Crippen LogP contribution < -0.4 is 0 Å². The van der Waals surface area contributed by atoms with E-state index in [-0.39, 0.29) is 6.54 Å². The summed E-state index contributed by atoms with van der Waals surface area (Å²) >= 11 is 0. The Kier molecular flexibility index (Phi) is 3.93. The number of hydrogen-bond acceptors (Lipinski definition) is 4. The molecule has 128 valence electrons. The number of carbonyl (C=O) groups is 1. The van der Waals surface area contributed by atoms with Crippen LogP contribution in [-0.4, -0.2) is 30.8 Å². The molecule has 0 aliphatic rings. The van der Waals surface area contributed by atoms with Gasteiger partial charge in [0, 0.05) is 29.0 Å². The second kappa shape index (κ2) is 6.40. The summed E-state index contributed by atoms with van der Waals surface area (Å²) in [5.74, 6) is -0.942. The molecule has 3 aromatic heterocycles. The highest BCUT2D eigenvalue weighted by Gasteiger charge is 2.17. The number of pyridine rings is 2. The lowest BCUT2D eigenvalue weighted by Gasteiger charge is -2.06. The maximum Gasteiger partial charge on any atom is 0.325 e. The number of aryl methyl sites for hydroxylation is 1. The van der Waals surface area contributed by atoms with E-state index in [1.807, 2.05) is 55.5 Å². The third-order valence-corrected chi connectivity index (χ3v) is 4.13. The number of fused-ring (bicyclic) bond motifs is 1. The highest BCUT2D eigenvalue weighted by atomic mass is 16.4. The summed E-state index contributed by atoms with van der Waals surface area (Å²) in [5, 5.41) is 14.6. The van der Waals surface area contributed by atoms with Gasteiger partial charge < -0.3 is 5.11 Å². The van der Waals surface area contributed by atoms with Gasteiger partial charge >= 0.3 is 5.97 Å². The first-order valence-electron chi connectivity index (χ1n) is 8.19. The maximum absolute atomic E-state index is 11.1. The third kappa shape index (κ3) is 2.93. The van der Waals surface area contributed by atoms with Gasteiger partial charge in [-0.05, 0) is 36.8 Å². The van der Waals surface area contributed by atoms with Crippen molar-refractivity contribution in [2.75, 3.05) is 0 Å². The van der Waals surface area contributed by atoms with Gasteiger partial charge in [-0.25, -0.2) is 0 Å². The first-order chi connectivity index (χ1) is 12.6. The number of rotatable bonds is 4. The van der Waals surface area contributed by atoms with E-state index < -0.39 is 5.97 Å². The van der Waals surface area contributed by atoms with Crippen LogP contribution in [-0.2, 0) is 11.3 Å². The van der Waals surface area contributed by atoms with Crippen LogP contribution in [0.5, 0.6) is 0 Å². The molecule has 0 amide bonds. The average molecular weight is 344 g/mol. The fourth-order valence-electron chi connectivity index (χ4n) is 3.03. The standard InChI is InChI=1S/C20H16N4O2/c1-13-5-4-8-18(22-13)20-16(11-24(23-20)12-19(25)26)14-9-10-21-17-7-3-2-6-15(14)17/h2-11H,12H2,1H3,(H,25,26). The van der Waals surface area contributed by atoms with E-state index in [1.165, 1.54) is 4.68 Å². The molecule has 0 aliphatic carbocycles. The molecule has 0 saturated heterocycles. The predicted molar refractivity (Wildman–Crippen MR) is 98.6 cm³/mol. The van der Waals surface area contributed by atoms with Gasteiger partial charge in [-0.2, -0.15) is 5.10 Å². The molecule has 0 aliphatic heterocycles. The van der Waals surface area contributed by atoms with Gasteiger partial charge in [-0.1, -0.05) is 24.3 Å². The van der Waals surface area contributed by atoms with Gasteiger partial charge in [0.05, 0.1) is 11.2 Å². The molecule has 3 heterocycles. The van der Waals surface area contributed by atoms with Gasteiger partial charge in [0.1, 0.15) is 12.2 Å². The van der Waals surface area contributed by atoms with Gasteiger partial charge in [0.15, 0.2) is 0 Å². The van der Waals surface area contributed by atoms with Crippen molar-refractivity contribution in [3.63, 3.8) is 0 Å². The first-order valence-corrected chi connectivity index (χ1v) is 8.19. The largest absolute Gasteiger partial charge is 0.480 e. The van der Waals surface area contributed by atoms with Crippen molar-refractivity contribution in [3.05, 3.63) is 66.6 Å². The van der Waals surface area contributed by atoms with E-state index in [0.29, 0.717) is 11.4 Å². The van der Waals surface area contributed by atoms with E-state index in [0.717, 1.165) is 27.7 Å². The van der Waals surface area contributed by atoms with E-state index in [4.69, 9.17) is 5.11 Å². The van der Waals surface area contributed by atoms with Crippen LogP contribution in [0, 0.1) is 6.92 Å². The van der Waals surface area contributed by atoms with Crippen molar-refractivity contribution in [2.24, 2.45) is 0 Å². The zero-order valence-corrected chi connectivity index (χ0v) is 14.1. The first kappa shape index (κ1) is 16.0. The molecule has 0 atom stereocenters. The van der Waals surface area contributed by atoms with Gasteiger partial charge in [0.2, 0.25) is 0 Å². The summed E-state index contributed by atoms with van der Waals surface area (Å²) in [6.45, 7) is 1.71. The molecule has 6 heteroatoms. The van der Waals surface area contributed by atoms with Crippen LogP contribution in [0.1, 0.15) is 5.69 Å². The van der Waals surface area contributed by atoms with Crippen molar-refractivity contribution in [3.8, 4) is 22.5 Å². The van der Waals surface area contributed by atoms with Crippen molar-refractivity contribution < 1.29 is 9.90 Å². The minimum absolute atomic E-state index is 0.207. The Morgan fingerprint density at radius 1 is 1.08 bits per heavy atom. The van der Waals surface area contributed by atoms with Crippen molar-refractivity contribution >= 4 is 16.9 Å². The lowest BCUT2D eigenvalue weighted by Crippen LogP contribution is -2.09. The summed E-state index contributed by atoms with van der Waals surface area (Å²) in [7, 11) is 0. The fraction of sp³-hybridized carbons (Fsp3) is 0.100. The Bertz CT molecular complexity index is 1110. The highest BCUT2D eigenvalue weighted by molar-refractivity contribution is 5.97. The lowest BCUT2D eigenvalue weighted by molar-refractivity contribution is -0.137. The Hall–Kier alpha value is -3.54. The van der Waals surface area contributed by atoms with Crippen LogP contribution in [0.3, 0.4) is 0 Å². The Balaban J connectivity index is 1.97. The van der Waals surface area contributed by atoms with E-state index >= 15 is 0 Å². The molecule has 0 spiro atoms. The Morgan fingerprint density at radius 3 is 2.73 bits per heavy atom. The number of nitrogens with zero attached hydrogens (tertiary/aromatic N) is 4. The SMILES string of the molecule is Cc1cccc(-c2nn(CC(=O)O)cc2-c2ccnc3ccccc23)n1. The van der Waals surface area contributed by atoms with E-state index in [9.17, 15) is 4.79 Å². The van der Waals surface area contributed by atoms with E-state index in [1.54, 1.807) is 12.4 Å². The van der Waals surface area contributed by atoms with Crippen LogP contribution in [0.25, 0.3) is 33.4 Å². The molecule has 4 aromatic rings. The Labute approximate surface area is 149 Å². The quantitative estimate of drug-likeness (QED) is 0.612. The van der Waals surface area contributed by atoms with Gasteiger partial charge in [-0.15, -0.1) is 0 Å². The van der Waals surface area contributed by atoms with Crippen molar-refractivity contribution in [1.29, 1.82) is 0 Å². The molecule has 1 N–H and O–H groups in total. The maximum atomic E-state index is 11.1. The summed E-state index contributed by atoms with van der Waals surface area (Å²) in [6.07, 6.45) is 3.51. The van der Waals surface area contributed by atoms with Crippen molar-refractivity contribution in [1.82, 2.24) is 19.7 Å². The topological polar surface area (TPSA) is 80.9 Å². The molecular formula is C20H16N4O2. The molecule has 0 radical (unpaired) electrons. The smallest absolute Gasteiger partial charge is 0.325 e. The van der Waals surface area contributed by atoms with Crippen LogP contribution in [0.2, 0.25) is 0 Å². The Morgan fingerprint density at radius 2 is 1.92 bits per heavy atom. The number of para-hydroxylation sites is 1. The molecule has 6 nitrogen and oxygen atoms in total.